The van der Waals surface area contributed by atoms with E-state index in [0.29, 0.717) is 0 Å². The van der Waals surface area contributed by atoms with E-state index in [1.54, 1.807) is 0 Å². The molecule has 0 aliphatic heterocycles. The molecule has 0 bridgehead atoms. The summed E-state index contributed by atoms with van der Waals surface area (Å²) in [7, 11) is 0. The normalized spacial score (nSPS) is 9.45. The van der Waals surface area contributed by atoms with Crippen molar-refractivity contribution in [3.05, 3.63) is 23.8 Å². The highest BCUT2D eigenvalue weighted by molar-refractivity contribution is 7.80. The van der Waals surface area contributed by atoms with Gasteiger partial charge < -0.3 is 15.9 Å². The zero-order valence-corrected chi connectivity index (χ0v) is 6.43. The highest BCUT2D eigenvalue weighted by Gasteiger charge is 2.07. The molecule has 1 aromatic carbocycles. The number of phenols is 2. The lowest BCUT2D eigenvalue weighted by Crippen LogP contribution is -2.09. The van der Waals surface area contributed by atoms with E-state index < -0.39 is 0 Å². The Morgan fingerprint density at radius 2 is 1.73 bits per heavy atom. The molecular formula is C7H7NO2S. The molecular weight excluding hydrogens is 162 g/mol. The molecule has 3 nitrogen and oxygen atoms in total. The zero-order valence-electron chi connectivity index (χ0n) is 5.61. The van der Waals surface area contributed by atoms with Crippen LogP contribution in [0.5, 0.6) is 11.5 Å². The van der Waals surface area contributed by atoms with Crippen LogP contribution >= 0.6 is 12.2 Å². The van der Waals surface area contributed by atoms with E-state index in [1.807, 2.05) is 0 Å². The molecule has 0 atom stereocenters. The molecule has 0 unspecified atom stereocenters. The number of rotatable bonds is 1. The van der Waals surface area contributed by atoms with Crippen LogP contribution in [0.4, 0.5) is 0 Å². The van der Waals surface area contributed by atoms with Crippen LogP contribution in [0.2, 0.25) is 0 Å². The second-order valence-corrected chi connectivity index (χ2v) is 2.48. The average molecular weight is 169 g/mol. The molecule has 0 aromatic heterocycles. The highest BCUT2D eigenvalue weighted by Crippen LogP contribution is 2.25. The maximum absolute atomic E-state index is 9.13. The van der Waals surface area contributed by atoms with Gasteiger partial charge in [0, 0.05) is 0 Å². The maximum atomic E-state index is 9.13. The smallest absolute Gasteiger partial charge is 0.129 e. The van der Waals surface area contributed by atoms with Gasteiger partial charge in [-0.2, -0.15) is 0 Å². The van der Waals surface area contributed by atoms with Crippen molar-refractivity contribution >= 4 is 17.2 Å². The number of nitrogens with two attached hydrogens (primary N) is 1. The lowest BCUT2D eigenvalue weighted by molar-refractivity contribution is 0.449. The molecule has 0 saturated carbocycles. The van der Waals surface area contributed by atoms with Gasteiger partial charge in [0.1, 0.15) is 16.5 Å². The van der Waals surface area contributed by atoms with Gasteiger partial charge in [0.15, 0.2) is 0 Å². The van der Waals surface area contributed by atoms with Crippen molar-refractivity contribution in [2.75, 3.05) is 0 Å². The summed E-state index contributed by atoms with van der Waals surface area (Å²) in [6.45, 7) is 0. The van der Waals surface area contributed by atoms with E-state index >= 15 is 0 Å². The molecule has 0 fully saturated rings. The van der Waals surface area contributed by atoms with Gasteiger partial charge in [-0.3, -0.25) is 0 Å². The summed E-state index contributed by atoms with van der Waals surface area (Å²) in [5.41, 5.74) is 5.35. The topological polar surface area (TPSA) is 66.5 Å². The van der Waals surface area contributed by atoms with Crippen LogP contribution in [0, 0.1) is 0 Å². The van der Waals surface area contributed by atoms with Crippen LogP contribution in [0.25, 0.3) is 0 Å². The average Bonchev–Trinajstić information content (AvgIpc) is 1.85. The molecule has 58 valence electrons. The first-order valence-electron chi connectivity index (χ1n) is 2.93. The van der Waals surface area contributed by atoms with Gasteiger partial charge in [-0.25, -0.2) is 0 Å². The summed E-state index contributed by atoms with van der Waals surface area (Å²) in [4.78, 5) is -0.0133. The van der Waals surface area contributed by atoms with Gasteiger partial charge in [0.2, 0.25) is 0 Å². The fourth-order valence-corrected chi connectivity index (χ4v) is 0.990. The molecule has 0 amide bonds. The minimum absolute atomic E-state index is 0.0133. The first-order chi connectivity index (χ1) is 5.13. The van der Waals surface area contributed by atoms with Gasteiger partial charge >= 0.3 is 0 Å². The third kappa shape index (κ3) is 1.40. The molecule has 0 spiro atoms. The molecule has 0 aliphatic carbocycles. The molecule has 1 aromatic rings. The quantitative estimate of drug-likeness (QED) is 0.542. The van der Waals surface area contributed by atoms with E-state index in [1.165, 1.54) is 18.2 Å². The molecule has 0 saturated heterocycles. The van der Waals surface area contributed by atoms with Crippen molar-refractivity contribution in [3.8, 4) is 11.5 Å². The third-order valence-corrected chi connectivity index (χ3v) is 1.47. The highest BCUT2D eigenvalue weighted by atomic mass is 32.1. The second-order valence-electron chi connectivity index (χ2n) is 2.04. The Hall–Kier alpha value is -1.29. The number of phenolic OH excluding ortho intramolecular Hbond substituents is 2. The maximum Gasteiger partial charge on any atom is 0.129 e. The van der Waals surface area contributed by atoms with E-state index in [-0.39, 0.29) is 22.1 Å². The predicted molar refractivity (Wildman–Crippen MR) is 45.7 cm³/mol. The van der Waals surface area contributed by atoms with Crippen molar-refractivity contribution in [2.24, 2.45) is 5.73 Å². The summed E-state index contributed by atoms with van der Waals surface area (Å²) >= 11 is 4.59. The van der Waals surface area contributed by atoms with Crippen LogP contribution in [0.3, 0.4) is 0 Å². The molecule has 11 heavy (non-hydrogen) atoms. The Morgan fingerprint density at radius 1 is 1.27 bits per heavy atom. The zero-order chi connectivity index (χ0) is 8.43. The van der Waals surface area contributed by atoms with Crippen LogP contribution < -0.4 is 5.73 Å². The first-order valence-corrected chi connectivity index (χ1v) is 3.34. The van der Waals surface area contributed by atoms with Crippen molar-refractivity contribution in [3.63, 3.8) is 0 Å². The molecule has 0 heterocycles. The summed E-state index contributed by atoms with van der Waals surface area (Å²) in [5, 5.41) is 18.3. The van der Waals surface area contributed by atoms with Gasteiger partial charge in [-0.1, -0.05) is 18.3 Å². The standard InChI is InChI=1S/C7H7NO2S/c8-7(11)6-4(9)2-1-3-5(6)10/h1-3,9-10H,(H2,8,11). The van der Waals surface area contributed by atoms with Crippen molar-refractivity contribution in [1.82, 2.24) is 0 Å². The van der Waals surface area contributed by atoms with E-state index in [2.05, 4.69) is 12.2 Å². The molecule has 0 radical (unpaired) electrons. The summed E-state index contributed by atoms with van der Waals surface area (Å²) in [6, 6.07) is 4.33. The second kappa shape index (κ2) is 2.75. The Bertz CT molecular complexity index is 278. The van der Waals surface area contributed by atoms with E-state index in [9.17, 15) is 0 Å². The Labute approximate surface area is 69.1 Å². The minimum atomic E-state index is -0.0995. The molecule has 1 rings (SSSR count). The predicted octanol–water partition coefficient (Wildman–Crippen LogP) is 0.732. The monoisotopic (exact) mass is 169 g/mol. The van der Waals surface area contributed by atoms with Gasteiger partial charge in [0.05, 0.1) is 5.56 Å². The Morgan fingerprint density at radius 3 is 2.00 bits per heavy atom. The Kier molecular flexibility index (Phi) is 1.96. The number of aromatic hydroxyl groups is 2. The SMILES string of the molecule is NC(=S)c1c(O)cccc1O. The van der Waals surface area contributed by atoms with Crippen LogP contribution in [-0.2, 0) is 0 Å². The summed E-state index contributed by atoms with van der Waals surface area (Å²) < 4.78 is 0. The van der Waals surface area contributed by atoms with Crippen molar-refractivity contribution in [1.29, 1.82) is 0 Å². The van der Waals surface area contributed by atoms with E-state index in [4.69, 9.17) is 15.9 Å². The van der Waals surface area contributed by atoms with Gasteiger partial charge in [-0.05, 0) is 12.1 Å². The molecule has 4 N–H and O–H groups in total. The van der Waals surface area contributed by atoms with Crippen molar-refractivity contribution < 1.29 is 10.2 Å². The fourth-order valence-electron chi connectivity index (χ4n) is 0.781. The van der Waals surface area contributed by atoms with Gasteiger partial charge in [0.25, 0.3) is 0 Å². The minimum Gasteiger partial charge on any atom is -0.507 e. The number of hydrogen-bond donors (Lipinski definition) is 3. The van der Waals surface area contributed by atoms with Crippen molar-refractivity contribution in [2.45, 2.75) is 0 Å². The number of hydrogen-bond acceptors (Lipinski definition) is 3. The van der Waals surface area contributed by atoms with Gasteiger partial charge in [-0.15, -0.1) is 0 Å². The third-order valence-electron chi connectivity index (χ3n) is 1.27. The lowest BCUT2D eigenvalue weighted by atomic mass is 10.2. The van der Waals surface area contributed by atoms with E-state index in [0.717, 1.165) is 0 Å². The summed E-state index contributed by atoms with van der Waals surface area (Å²) in [6.07, 6.45) is 0. The first kappa shape index (κ1) is 7.81. The molecule has 0 aliphatic rings. The fraction of sp³-hybridized carbons (Fsp3) is 0. The lowest BCUT2D eigenvalue weighted by Gasteiger charge is -2.03. The van der Waals surface area contributed by atoms with Crippen LogP contribution in [0.15, 0.2) is 18.2 Å². The van der Waals surface area contributed by atoms with Crippen LogP contribution in [-0.4, -0.2) is 15.2 Å². The Balaban J connectivity index is 3.32. The molecule has 4 heteroatoms. The largest absolute Gasteiger partial charge is 0.507 e. The van der Waals surface area contributed by atoms with Crippen LogP contribution in [0.1, 0.15) is 5.56 Å². The number of thiocarbonyl (C=S) groups is 1. The summed E-state index contributed by atoms with van der Waals surface area (Å²) in [5.74, 6) is -0.199. The number of benzene rings is 1.